The minimum atomic E-state index is -0.877. The zero-order valence-corrected chi connectivity index (χ0v) is 11.4. The van der Waals surface area contributed by atoms with Gasteiger partial charge in [0.2, 0.25) is 11.8 Å². The van der Waals surface area contributed by atoms with Crippen LogP contribution in [0.1, 0.15) is 12.0 Å². The molecule has 0 radical (unpaired) electrons. The SMILES string of the molecule is NCCNC(=O)C(CCOCc1ccccc1)C(N)=O. The molecule has 1 unspecified atom stereocenters. The molecule has 0 aliphatic rings. The maximum Gasteiger partial charge on any atom is 0.232 e. The minimum Gasteiger partial charge on any atom is -0.377 e. The Kier molecular flexibility index (Phi) is 7.31. The van der Waals surface area contributed by atoms with E-state index in [1.54, 1.807) is 0 Å². The molecule has 0 aliphatic heterocycles. The third kappa shape index (κ3) is 5.81. The summed E-state index contributed by atoms with van der Waals surface area (Å²) in [4.78, 5) is 22.9. The van der Waals surface area contributed by atoms with Crippen molar-refractivity contribution in [3.05, 3.63) is 35.9 Å². The number of nitrogens with two attached hydrogens (primary N) is 2. The van der Waals surface area contributed by atoms with Gasteiger partial charge >= 0.3 is 0 Å². The molecule has 0 fully saturated rings. The zero-order valence-electron chi connectivity index (χ0n) is 11.4. The minimum absolute atomic E-state index is 0.262. The van der Waals surface area contributed by atoms with Crippen LogP contribution in [-0.4, -0.2) is 31.5 Å². The highest BCUT2D eigenvalue weighted by Gasteiger charge is 2.23. The number of hydrogen-bond donors (Lipinski definition) is 3. The van der Waals surface area contributed by atoms with E-state index in [0.717, 1.165) is 5.56 Å². The predicted molar refractivity (Wildman–Crippen MR) is 75.5 cm³/mol. The average molecular weight is 279 g/mol. The van der Waals surface area contributed by atoms with Crippen molar-refractivity contribution in [2.24, 2.45) is 17.4 Å². The first-order valence-electron chi connectivity index (χ1n) is 6.54. The first-order chi connectivity index (χ1) is 9.65. The molecule has 0 saturated carbocycles. The van der Waals surface area contributed by atoms with Gasteiger partial charge in [-0.25, -0.2) is 0 Å². The lowest BCUT2D eigenvalue weighted by Gasteiger charge is -2.13. The van der Waals surface area contributed by atoms with Crippen molar-refractivity contribution < 1.29 is 14.3 Å². The number of benzene rings is 1. The van der Waals surface area contributed by atoms with Gasteiger partial charge in [0, 0.05) is 19.7 Å². The average Bonchev–Trinajstić information content (AvgIpc) is 2.45. The Balaban J connectivity index is 2.32. The molecule has 5 N–H and O–H groups in total. The molecule has 20 heavy (non-hydrogen) atoms. The van der Waals surface area contributed by atoms with Crippen LogP contribution in [0.25, 0.3) is 0 Å². The predicted octanol–water partition coefficient (Wildman–Crippen LogP) is -0.230. The maximum atomic E-state index is 11.7. The lowest BCUT2D eigenvalue weighted by molar-refractivity contribution is -0.134. The number of primary amides is 1. The van der Waals surface area contributed by atoms with Crippen molar-refractivity contribution >= 4 is 11.8 Å². The molecular formula is C14H21N3O3. The topological polar surface area (TPSA) is 107 Å². The lowest BCUT2D eigenvalue weighted by Crippen LogP contribution is -2.41. The first-order valence-corrected chi connectivity index (χ1v) is 6.54. The number of carbonyl (C=O) groups excluding carboxylic acids is 2. The second-order valence-corrected chi connectivity index (χ2v) is 4.36. The van der Waals surface area contributed by atoms with Gasteiger partial charge in [0.05, 0.1) is 6.61 Å². The van der Waals surface area contributed by atoms with Crippen molar-refractivity contribution in [1.29, 1.82) is 0 Å². The Morgan fingerprint density at radius 1 is 1.25 bits per heavy atom. The van der Waals surface area contributed by atoms with E-state index in [1.165, 1.54) is 0 Å². The second kappa shape index (κ2) is 9.06. The summed E-state index contributed by atoms with van der Waals surface area (Å²) in [6, 6.07) is 9.66. The van der Waals surface area contributed by atoms with Gasteiger partial charge in [-0.15, -0.1) is 0 Å². The second-order valence-electron chi connectivity index (χ2n) is 4.36. The number of nitrogens with one attached hydrogen (secondary N) is 1. The maximum absolute atomic E-state index is 11.7. The van der Waals surface area contributed by atoms with Crippen LogP contribution in [0.4, 0.5) is 0 Å². The summed E-state index contributed by atoms with van der Waals surface area (Å²) < 4.78 is 5.44. The number of rotatable bonds is 9. The van der Waals surface area contributed by atoms with E-state index < -0.39 is 17.7 Å². The van der Waals surface area contributed by atoms with Crippen LogP contribution in [-0.2, 0) is 20.9 Å². The van der Waals surface area contributed by atoms with Crippen molar-refractivity contribution in [2.45, 2.75) is 13.0 Å². The summed E-state index contributed by atoms with van der Waals surface area (Å²) in [5, 5.41) is 2.55. The Labute approximate surface area is 118 Å². The third-order valence-electron chi connectivity index (χ3n) is 2.77. The van der Waals surface area contributed by atoms with Crippen LogP contribution in [0.2, 0.25) is 0 Å². The largest absolute Gasteiger partial charge is 0.377 e. The Morgan fingerprint density at radius 2 is 1.95 bits per heavy atom. The van der Waals surface area contributed by atoms with Gasteiger partial charge in [-0.05, 0) is 12.0 Å². The van der Waals surface area contributed by atoms with Gasteiger partial charge < -0.3 is 21.5 Å². The number of amides is 2. The highest BCUT2D eigenvalue weighted by atomic mass is 16.5. The van der Waals surface area contributed by atoms with Gasteiger partial charge in [0.25, 0.3) is 0 Å². The van der Waals surface area contributed by atoms with Crippen LogP contribution in [0.3, 0.4) is 0 Å². The summed E-state index contributed by atoms with van der Waals surface area (Å²) in [7, 11) is 0. The molecule has 0 bridgehead atoms. The van der Waals surface area contributed by atoms with E-state index in [9.17, 15) is 9.59 Å². The molecule has 6 heteroatoms. The molecule has 0 saturated heterocycles. The number of ether oxygens (including phenoxy) is 1. The molecule has 0 heterocycles. The van der Waals surface area contributed by atoms with E-state index in [1.807, 2.05) is 30.3 Å². The normalized spacial score (nSPS) is 11.8. The van der Waals surface area contributed by atoms with E-state index in [2.05, 4.69) is 5.32 Å². The van der Waals surface area contributed by atoms with E-state index >= 15 is 0 Å². The van der Waals surface area contributed by atoms with Crippen LogP contribution in [0.5, 0.6) is 0 Å². The molecule has 1 aromatic rings. The Hall–Kier alpha value is -1.92. The van der Waals surface area contributed by atoms with Crippen molar-refractivity contribution in [1.82, 2.24) is 5.32 Å². The first kappa shape index (κ1) is 16.1. The van der Waals surface area contributed by atoms with Crippen LogP contribution >= 0.6 is 0 Å². The molecule has 0 spiro atoms. The highest BCUT2D eigenvalue weighted by Crippen LogP contribution is 2.06. The fourth-order valence-corrected chi connectivity index (χ4v) is 1.69. The molecule has 1 aromatic carbocycles. The summed E-state index contributed by atoms with van der Waals surface area (Å²) in [6.45, 7) is 1.38. The molecule has 0 aromatic heterocycles. The zero-order chi connectivity index (χ0) is 14.8. The van der Waals surface area contributed by atoms with Gasteiger partial charge in [-0.2, -0.15) is 0 Å². The molecule has 0 aliphatic carbocycles. The third-order valence-corrected chi connectivity index (χ3v) is 2.77. The molecular weight excluding hydrogens is 258 g/mol. The summed E-state index contributed by atoms with van der Waals surface area (Å²) in [5.74, 6) is -1.92. The van der Waals surface area contributed by atoms with E-state index in [4.69, 9.17) is 16.2 Å². The monoisotopic (exact) mass is 279 g/mol. The van der Waals surface area contributed by atoms with Crippen molar-refractivity contribution in [3.63, 3.8) is 0 Å². The number of hydrogen-bond acceptors (Lipinski definition) is 4. The molecule has 1 rings (SSSR count). The van der Waals surface area contributed by atoms with E-state index in [-0.39, 0.29) is 6.42 Å². The standard InChI is InChI=1S/C14H21N3O3/c15-7-8-17-14(19)12(13(16)18)6-9-20-10-11-4-2-1-3-5-11/h1-5,12H,6-10,15H2,(H2,16,18)(H,17,19). The van der Waals surface area contributed by atoms with Crippen LogP contribution in [0, 0.1) is 5.92 Å². The van der Waals surface area contributed by atoms with Crippen LogP contribution in [0.15, 0.2) is 30.3 Å². The summed E-state index contributed by atoms with van der Waals surface area (Å²) in [6.07, 6.45) is 0.262. The van der Waals surface area contributed by atoms with Gasteiger partial charge in [0.1, 0.15) is 5.92 Å². The van der Waals surface area contributed by atoms with Crippen molar-refractivity contribution in [2.75, 3.05) is 19.7 Å². The van der Waals surface area contributed by atoms with Crippen LogP contribution < -0.4 is 16.8 Å². The Bertz CT molecular complexity index is 423. The van der Waals surface area contributed by atoms with Gasteiger partial charge in [-0.1, -0.05) is 30.3 Å². The highest BCUT2D eigenvalue weighted by molar-refractivity contribution is 5.99. The lowest BCUT2D eigenvalue weighted by atomic mass is 10.0. The van der Waals surface area contributed by atoms with Crippen molar-refractivity contribution in [3.8, 4) is 0 Å². The Morgan fingerprint density at radius 3 is 2.55 bits per heavy atom. The summed E-state index contributed by atoms with van der Waals surface area (Å²) >= 11 is 0. The molecule has 1 atom stereocenters. The quantitative estimate of drug-likeness (QED) is 0.428. The van der Waals surface area contributed by atoms with E-state index in [0.29, 0.717) is 26.3 Å². The fourth-order valence-electron chi connectivity index (χ4n) is 1.69. The summed E-state index contributed by atoms with van der Waals surface area (Å²) in [5.41, 5.74) is 11.5. The smallest absolute Gasteiger partial charge is 0.232 e. The molecule has 6 nitrogen and oxygen atoms in total. The van der Waals surface area contributed by atoms with Gasteiger partial charge in [0.15, 0.2) is 0 Å². The molecule has 110 valence electrons. The van der Waals surface area contributed by atoms with Gasteiger partial charge in [-0.3, -0.25) is 9.59 Å². The number of carbonyl (C=O) groups is 2. The molecule has 2 amide bonds. The fraction of sp³-hybridized carbons (Fsp3) is 0.429.